The fourth-order valence-corrected chi connectivity index (χ4v) is 2.16. The molecule has 1 aromatic rings. The minimum absolute atomic E-state index is 0.117. The normalized spacial score (nSPS) is 18.9. The number of hydrogen-bond donors (Lipinski definition) is 1. The van der Waals surface area contributed by atoms with Gasteiger partial charge in [-0.05, 0) is 18.7 Å². The quantitative estimate of drug-likeness (QED) is 0.878. The Labute approximate surface area is 101 Å². The fourth-order valence-electron chi connectivity index (χ4n) is 1.89. The Kier molecular flexibility index (Phi) is 4.18. The van der Waals surface area contributed by atoms with Gasteiger partial charge in [-0.25, -0.2) is 0 Å². The molecule has 1 unspecified atom stereocenters. The second-order valence-corrected chi connectivity index (χ2v) is 4.18. The summed E-state index contributed by atoms with van der Waals surface area (Å²) in [4.78, 5) is 0. The van der Waals surface area contributed by atoms with Crippen molar-refractivity contribution in [1.82, 2.24) is 5.32 Å². The monoisotopic (exact) mass is 241 g/mol. The highest BCUT2D eigenvalue weighted by molar-refractivity contribution is 6.31. The third-order valence-corrected chi connectivity index (χ3v) is 3.09. The molecular weight excluding hydrogens is 226 g/mol. The van der Waals surface area contributed by atoms with Crippen molar-refractivity contribution in [2.45, 2.75) is 18.8 Å². The van der Waals surface area contributed by atoms with Crippen molar-refractivity contribution in [2.75, 3.05) is 20.3 Å². The Hall–Kier alpha value is -0.610. The second kappa shape index (κ2) is 5.64. The minimum atomic E-state index is -0.117. The van der Waals surface area contributed by atoms with Gasteiger partial charge in [0.1, 0.15) is 0 Å². The molecule has 1 aromatic carbocycles. The molecule has 1 atom stereocenters. The van der Waals surface area contributed by atoms with Crippen LogP contribution in [0, 0.1) is 0 Å². The zero-order valence-electron chi connectivity index (χ0n) is 9.28. The van der Waals surface area contributed by atoms with E-state index in [1.807, 2.05) is 31.3 Å². The highest BCUT2D eigenvalue weighted by Crippen LogP contribution is 2.27. The summed E-state index contributed by atoms with van der Waals surface area (Å²) in [5, 5.41) is 4.02. The largest absolute Gasteiger partial charge is 0.350 e. The Balaban J connectivity index is 2.06. The van der Waals surface area contributed by atoms with Gasteiger partial charge in [0.25, 0.3) is 0 Å². The summed E-state index contributed by atoms with van der Waals surface area (Å²) in [6, 6.07) is 8.01. The maximum absolute atomic E-state index is 6.16. The van der Waals surface area contributed by atoms with E-state index in [1.54, 1.807) is 0 Å². The molecule has 1 fully saturated rings. The van der Waals surface area contributed by atoms with Gasteiger partial charge in [0.2, 0.25) is 0 Å². The van der Waals surface area contributed by atoms with Crippen LogP contribution in [0.25, 0.3) is 0 Å². The summed E-state index contributed by atoms with van der Waals surface area (Å²) in [7, 11) is 1.92. The topological polar surface area (TPSA) is 30.5 Å². The molecule has 1 saturated heterocycles. The second-order valence-electron chi connectivity index (χ2n) is 3.77. The SMILES string of the molecule is CNC(CC1OCCO1)c1ccccc1Cl. The molecule has 0 aliphatic carbocycles. The maximum Gasteiger partial charge on any atom is 0.159 e. The smallest absolute Gasteiger partial charge is 0.159 e. The highest BCUT2D eigenvalue weighted by Gasteiger charge is 2.22. The predicted molar refractivity (Wildman–Crippen MR) is 63.6 cm³/mol. The van der Waals surface area contributed by atoms with Crippen LogP contribution in [0.1, 0.15) is 18.0 Å². The number of nitrogens with one attached hydrogen (secondary N) is 1. The van der Waals surface area contributed by atoms with Crippen LogP contribution in [0.5, 0.6) is 0 Å². The highest BCUT2D eigenvalue weighted by atomic mass is 35.5. The van der Waals surface area contributed by atoms with Crippen molar-refractivity contribution in [3.63, 3.8) is 0 Å². The van der Waals surface area contributed by atoms with Crippen LogP contribution in [0.4, 0.5) is 0 Å². The van der Waals surface area contributed by atoms with E-state index in [2.05, 4.69) is 5.32 Å². The predicted octanol–water partition coefficient (Wildman–Crippen LogP) is 2.36. The number of rotatable bonds is 4. The molecule has 88 valence electrons. The lowest BCUT2D eigenvalue weighted by Gasteiger charge is -2.20. The van der Waals surface area contributed by atoms with Gasteiger partial charge in [0.05, 0.1) is 13.2 Å². The average Bonchev–Trinajstić information content (AvgIpc) is 2.80. The summed E-state index contributed by atoms with van der Waals surface area (Å²) in [6.07, 6.45) is 0.661. The average molecular weight is 242 g/mol. The standard InChI is InChI=1S/C12H16ClNO2/c1-14-11(8-12-15-6-7-16-12)9-4-2-3-5-10(9)13/h2-5,11-12,14H,6-8H2,1H3. The van der Waals surface area contributed by atoms with Crippen LogP contribution < -0.4 is 5.32 Å². The first kappa shape index (κ1) is 11.9. The van der Waals surface area contributed by atoms with Crippen molar-refractivity contribution >= 4 is 11.6 Å². The first-order chi connectivity index (χ1) is 7.81. The minimum Gasteiger partial charge on any atom is -0.350 e. The first-order valence-electron chi connectivity index (χ1n) is 5.46. The van der Waals surface area contributed by atoms with E-state index in [1.165, 1.54) is 0 Å². The molecule has 0 saturated carbocycles. The van der Waals surface area contributed by atoms with E-state index in [-0.39, 0.29) is 12.3 Å². The van der Waals surface area contributed by atoms with E-state index in [9.17, 15) is 0 Å². The van der Waals surface area contributed by atoms with Crippen molar-refractivity contribution in [1.29, 1.82) is 0 Å². The summed E-state index contributed by atoms with van der Waals surface area (Å²) in [5.41, 5.74) is 1.09. The van der Waals surface area contributed by atoms with Gasteiger partial charge in [0, 0.05) is 17.5 Å². The molecule has 0 spiro atoms. The Morgan fingerprint density at radius 2 is 2.06 bits per heavy atom. The van der Waals surface area contributed by atoms with Crippen LogP contribution >= 0.6 is 11.6 Å². The van der Waals surface area contributed by atoms with Crippen molar-refractivity contribution in [3.05, 3.63) is 34.9 Å². The summed E-state index contributed by atoms with van der Waals surface area (Å²) < 4.78 is 10.9. The lowest BCUT2D eigenvalue weighted by Crippen LogP contribution is -2.23. The molecule has 0 amide bonds. The molecule has 3 nitrogen and oxygen atoms in total. The maximum atomic E-state index is 6.16. The molecule has 0 radical (unpaired) electrons. The van der Waals surface area contributed by atoms with Crippen LogP contribution in [-0.2, 0) is 9.47 Å². The third-order valence-electron chi connectivity index (χ3n) is 2.75. The Morgan fingerprint density at radius 3 is 2.69 bits per heavy atom. The van der Waals surface area contributed by atoms with Gasteiger partial charge in [-0.3, -0.25) is 0 Å². The van der Waals surface area contributed by atoms with Crippen LogP contribution in [0.2, 0.25) is 5.02 Å². The molecule has 16 heavy (non-hydrogen) atoms. The van der Waals surface area contributed by atoms with Crippen molar-refractivity contribution in [3.8, 4) is 0 Å². The van der Waals surface area contributed by atoms with Gasteiger partial charge in [0.15, 0.2) is 6.29 Å². The molecule has 0 bridgehead atoms. The fraction of sp³-hybridized carbons (Fsp3) is 0.500. The van der Waals surface area contributed by atoms with Crippen LogP contribution in [0.15, 0.2) is 24.3 Å². The summed E-state index contributed by atoms with van der Waals surface area (Å²) >= 11 is 6.16. The first-order valence-corrected chi connectivity index (χ1v) is 5.84. The van der Waals surface area contributed by atoms with Gasteiger partial charge in [-0.2, -0.15) is 0 Å². The van der Waals surface area contributed by atoms with Gasteiger partial charge in [-0.15, -0.1) is 0 Å². The Morgan fingerprint density at radius 1 is 1.38 bits per heavy atom. The summed E-state index contributed by atoms with van der Waals surface area (Å²) in [6.45, 7) is 1.37. The van der Waals surface area contributed by atoms with Crippen LogP contribution in [-0.4, -0.2) is 26.6 Å². The molecule has 0 aromatic heterocycles. The number of ether oxygens (including phenoxy) is 2. The molecule has 4 heteroatoms. The van der Waals surface area contributed by atoms with E-state index in [0.717, 1.165) is 17.0 Å². The number of hydrogen-bond acceptors (Lipinski definition) is 3. The van der Waals surface area contributed by atoms with Gasteiger partial charge in [-0.1, -0.05) is 29.8 Å². The van der Waals surface area contributed by atoms with Gasteiger partial charge >= 0.3 is 0 Å². The molecule has 1 aliphatic rings. The van der Waals surface area contributed by atoms with E-state index in [4.69, 9.17) is 21.1 Å². The van der Waals surface area contributed by atoms with E-state index in [0.29, 0.717) is 13.2 Å². The van der Waals surface area contributed by atoms with Crippen molar-refractivity contribution < 1.29 is 9.47 Å². The third kappa shape index (κ3) is 2.74. The zero-order chi connectivity index (χ0) is 11.4. The summed E-state index contributed by atoms with van der Waals surface area (Å²) in [5.74, 6) is 0. The zero-order valence-corrected chi connectivity index (χ0v) is 10.0. The van der Waals surface area contributed by atoms with Crippen molar-refractivity contribution in [2.24, 2.45) is 0 Å². The molecule has 1 aliphatic heterocycles. The van der Waals surface area contributed by atoms with E-state index < -0.39 is 0 Å². The lowest BCUT2D eigenvalue weighted by atomic mass is 10.0. The number of benzene rings is 1. The number of halogens is 1. The molecular formula is C12H16ClNO2. The molecule has 2 rings (SSSR count). The lowest BCUT2D eigenvalue weighted by molar-refractivity contribution is -0.0526. The molecule has 1 heterocycles. The molecule has 1 N–H and O–H groups in total. The van der Waals surface area contributed by atoms with E-state index >= 15 is 0 Å². The van der Waals surface area contributed by atoms with Crippen LogP contribution in [0.3, 0.4) is 0 Å². The Bertz CT molecular complexity index is 340. The van der Waals surface area contributed by atoms with Gasteiger partial charge < -0.3 is 14.8 Å².